The van der Waals surface area contributed by atoms with Crippen molar-refractivity contribution in [1.82, 2.24) is 0 Å². The number of hydrogen-bond donors (Lipinski definition) is 0. The fourth-order valence-corrected chi connectivity index (χ4v) is 2.90. The molecule has 0 aliphatic heterocycles. The van der Waals surface area contributed by atoms with Gasteiger partial charge in [0, 0.05) is 5.41 Å². The lowest BCUT2D eigenvalue weighted by Crippen LogP contribution is -2.54. The molecule has 0 aliphatic rings. The molecule has 0 saturated heterocycles. The van der Waals surface area contributed by atoms with Crippen molar-refractivity contribution in [3.63, 3.8) is 0 Å². The summed E-state index contributed by atoms with van der Waals surface area (Å²) in [6.07, 6.45) is 3.21. The van der Waals surface area contributed by atoms with Crippen molar-refractivity contribution in [2.45, 2.75) is 69.2 Å². The van der Waals surface area contributed by atoms with Gasteiger partial charge in [-0.3, -0.25) is 0 Å². The number of hydrogen-bond acceptors (Lipinski definition) is 2. The van der Waals surface area contributed by atoms with Gasteiger partial charge in [-0.1, -0.05) is 69.2 Å². The summed E-state index contributed by atoms with van der Waals surface area (Å²) in [5.41, 5.74) is 0.539. The summed E-state index contributed by atoms with van der Waals surface area (Å²) in [7, 11) is 1.63. The van der Waals surface area contributed by atoms with Gasteiger partial charge in [-0.05, 0) is 22.2 Å². The van der Waals surface area contributed by atoms with Crippen molar-refractivity contribution in [2.75, 3.05) is 13.7 Å². The van der Waals surface area contributed by atoms with Crippen molar-refractivity contribution >= 4 is 0 Å². The Kier molecular flexibility index (Phi) is 6.41. The van der Waals surface area contributed by atoms with E-state index in [-0.39, 0.29) is 21.7 Å². The molecule has 2 nitrogen and oxygen atoms in total. The van der Waals surface area contributed by atoms with Gasteiger partial charge >= 0.3 is 0 Å². The molecule has 126 valence electrons. The van der Waals surface area contributed by atoms with Gasteiger partial charge in [0.2, 0.25) is 0 Å². The third kappa shape index (κ3) is 3.76. The van der Waals surface area contributed by atoms with Crippen LogP contribution in [0.5, 0.6) is 0 Å². The van der Waals surface area contributed by atoms with E-state index in [1.807, 2.05) is 0 Å². The van der Waals surface area contributed by atoms with Crippen LogP contribution in [0.25, 0.3) is 0 Å². The van der Waals surface area contributed by atoms with Gasteiger partial charge in [0.15, 0.2) is 0 Å². The first-order chi connectivity index (χ1) is 9.25. The van der Waals surface area contributed by atoms with Gasteiger partial charge in [-0.2, -0.15) is 0 Å². The minimum atomic E-state index is 0.0424. The average molecular weight is 299 g/mol. The van der Waals surface area contributed by atoms with E-state index < -0.39 is 0 Å². The van der Waals surface area contributed by atoms with Crippen LogP contribution in [0, 0.1) is 27.6 Å². The molecule has 0 saturated carbocycles. The van der Waals surface area contributed by atoms with Crippen molar-refractivity contribution in [3.05, 3.63) is 12.5 Å². The van der Waals surface area contributed by atoms with E-state index in [1.54, 1.807) is 19.6 Å². The van der Waals surface area contributed by atoms with Crippen LogP contribution in [0.1, 0.15) is 69.2 Å². The maximum atomic E-state index is 5.69. The lowest BCUT2D eigenvalue weighted by Gasteiger charge is -2.60. The molecule has 0 aromatic carbocycles. The molecule has 0 aromatic heterocycles. The first kappa shape index (κ1) is 20.3. The molecule has 0 heterocycles. The van der Waals surface area contributed by atoms with E-state index in [1.165, 1.54) is 0 Å². The minimum Gasteiger partial charge on any atom is -0.501 e. The van der Waals surface area contributed by atoms with Gasteiger partial charge in [0.05, 0.1) is 13.7 Å². The van der Waals surface area contributed by atoms with Gasteiger partial charge in [-0.25, -0.2) is 0 Å². The smallest absolute Gasteiger partial charge is 0.117 e. The Hall–Kier alpha value is -0.660. The minimum absolute atomic E-state index is 0.0424. The lowest BCUT2D eigenvalue weighted by atomic mass is 9.45. The van der Waals surface area contributed by atoms with E-state index >= 15 is 0 Å². The van der Waals surface area contributed by atoms with Crippen LogP contribution in [0.4, 0.5) is 0 Å². The predicted molar refractivity (Wildman–Crippen MR) is 92.1 cm³/mol. The van der Waals surface area contributed by atoms with E-state index in [9.17, 15) is 0 Å². The maximum absolute atomic E-state index is 5.69. The average Bonchev–Trinajstić information content (AvgIpc) is 2.33. The first-order valence-electron chi connectivity index (χ1n) is 8.05. The molecule has 0 spiro atoms. The molecular formula is C19H38O2. The second-order valence-corrected chi connectivity index (χ2v) is 8.83. The molecule has 0 amide bonds. The van der Waals surface area contributed by atoms with Crippen LogP contribution in [0.15, 0.2) is 12.5 Å². The summed E-state index contributed by atoms with van der Waals surface area (Å²) >= 11 is 0. The van der Waals surface area contributed by atoms with Gasteiger partial charge in [-0.15, -0.1) is 0 Å². The Balaban J connectivity index is 5.37. The molecule has 0 fully saturated rings. The highest BCUT2D eigenvalue weighted by atomic mass is 16.5. The summed E-state index contributed by atoms with van der Waals surface area (Å²) in [4.78, 5) is 0. The second kappa shape index (κ2) is 6.62. The standard InChI is InChI=1S/C19H38O2/c1-15(2)17(5,6)19(9,10)18(7,8)16(3,4)14-21-13-12-20-11/h12-13,15H,14H2,1-11H3. The van der Waals surface area contributed by atoms with Crippen LogP contribution >= 0.6 is 0 Å². The van der Waals surface area contributed by atoms with Crippen LogP contribution in [0.2, 0.25) is 0 Å². The molecule has 0 atom stereocenters. The Bertz CT molecular complexity index is 347. The molecule has 2 heteroatoms. The second-order valence-electron chi connectivity index (χ2n) is 8.83. The Morgan fingerprint density at radius 1 is 0.810 bits per heavy atom. The topological polar surface area (TPSA) is 18.5 Å². The van der Waals surface area contributed by atoms with Crippen LogP contribution in [-0.2, 0) is 9.47 Å². The number of methoxy groups -OCH3 is 1. The Labute approximate surface area is 133 Å². The largest absolute Gasteiger partial charge is 0.501 e. The van der Waals surface area contributed by atoms with Gasteiger partial charge in [0.1, 0.15) is 12.5 Å². The highest BCUT2D eigenvalue weighted by Gasteiger charge is 2.55. The van der Waals surface area contributed by atoms with Gasteiger partial charge in [0.25, 0.3) is 0 Å². The van der Waals surface area contributed by atoms with Crippen LogP contribution in [0.3, 0.4) is 0 Å². The molecular weight excluding hydrogens is 260 g/mol. The lowest BCUT2D eigenvalue weighted by molar-refractivity contribution is -0.127. The molecule has 0 aromatic rings. The molecule has 0 N–H and O–H groups in total. The Morgan fingerprint density at radius 3 is 1.67 bits per heavy atom. The molecule has 0 aliphatic carbocycles. The van der Waals surface area contributed by atoms with Crippen LogP contribution < -0.4 is 0 Å². The maximum Gasteiger partial charge on any atom is 0.117 e. The van der Waals surface area contributed by atoms with Crippen molar-refractivity contribution in [1.29, 1.82) is 0 Å². The monoisotopic (exact) mass is 298 g/mol. The zero-order valence-electron chi connectivity index (χ0n) is 16.3. The number of ether oxygens (including phenoxy) is 2. The molecule has 0 bridgehead atoms. The van der Waals surface area contributed by atoms with Gasteiger partial charge < -0.3 is 9.47 Å². The normalized spacial score (nSPS) is 14.9. The summed E-state index contributed by atoms with van der Waals surface area (Å²) in [5, 5.41) is 0. The van der Waals surface area contributed by atoms with Crippen molar-refractivity contribution in [3.8, 4) is 0 Å². The molecule has 0 rings (SSSR count). The summed E-state index contributed by atoms with van der Waals surface area (Å²) in [6.45, 7) is 24.3. The SMILES string of the molecule is COC=COCC(C)(C)C(C)(C)C(C)(C)C(C)(C)C(C)C. The van der Waals surface area contributed by atoms with E-state index in [0.29, 0.717) is 12.5 Å². The zero-order valence-corrected chi connectivity index (χ0v) is 16.3. The molecule has 21 heavy (non-hydrogen) atoms. The predicted octanol–water partition coefficient (Wildman–Crippen LogP) is 5.88. The third-order valence-electron chi connectivity index (χ3n) is 7.04. The summed E-state index contributed by atoms with van der Waals surface area (Å²) in [5.74, 6) is 0.622. The van der Waals surface area contributed by atoms with Crippen molar-refractivity contribution < 1.29 is 9.47 Å². The summed E-state index contributed by atoms with van der Waals surface area (Å²) < 4.78 is 10.6. The highest BCUT2D eigenvalue weighted by molar-refractivity contribution is 5.03. The molecule has 0 unspecified atom stereocenters. The van der Waals surface area contributed by atoms with Crippen molar-refractivity contribution in [2.24, 2.45) is 27.6 Å². The van der Waals surface area contributed by atoms with Crippen LogP contribution in [-0.4, -0.2) is 13.7 Å². The third-order valence-corrected chi connectivity index (χ3v) is 7.04. The fraction of sp³-hybridized carbons (Fsp3) is 0.895. The summed E-state index contributed by atoms with van der Waals surface area (Å²) in [6, 6.07) is 0. The first-order valence-corrected chi connectivity index (χ1v) is 8.05. The van der Waals surface area contributed by atoms with E-state index in [0.717, 1.165) is 0 Å². The van der Waals surface area contributed by atoms with E-state index in [2.05, 4.69) is 69.2 Å². The van der Waals surface area contributed by atoms with E-state index in [4.69, 9.17) is 9.47 Å². The number of rotatable bonds is 8. The molecule has 0 radical (unpaired) electrons. The quantitative estimate of drug-likeness (QED) is 0.521. The zero-order chi connectivity index (χ0) is 17.1. The fourth-order valence-electron chi connectivity index (χ4n) is 2.90. The Morgan fingerprint density at radius 2 is 1.29 bits per heavy atom. The highest BCUT2D eigenvalue weighted by Crippen LogP contribution is 2.61.